The van der Waals surface area contributed by atoms with Gasteiger partial charge in [0.2, 0.25) is 0 Å². The fraction of sp³-hybridized carbons (Fsp3) is 0.562. The molecule has 21 heavy (non-hydrogen) atoms. The maximum absolute atomic E-state index is 5.94. The molecule has 4 nitrogen and oxygen atoms in total. The van der Waals surface area contributed by atoms with Gasteiger partial charge < -0.3 is 14.0 Å². The minimum atomic E-state index is -0.0331. The molecule has 1 saturated carbocycles. The molecule has 0 saturated heterocycles. The number of nitrogens with zero attached hydrogens (tertiary/aromatic N) is 2. The number of halogens is 1. The van der Waals surface area contributed by atoms with E-state index in [2.05, 4.69) is 10.6 Å². The van der Waals surface area contributed by atoms with Crippen molar-refractivity contribution in [2.45, 2.75) is 37.8 Å². The van der Waals surface area contributed by atoms with Crippen LogP contribution >= 0.6 is 11.6 Å². The average molecular weight is 309 g/mol. The number of methoxy groups -OCH3 is 2. The second-order valence-electron chi connectivity index (χ2n) is 5.65. The summed E-state index contributed by atoms with van der Waals surface area (Å²) in [5.74, 6) is 2.42. The Labute approximate surface area is 130 Å². The van der Waals surface area contributed by atoms with Gasteiger partial charge in [0, 0.05) is 25.5 Å². The van der Waals surface area contributed by atoms with Gasteiger partial charge in [0.15, 0.2) is 0 Å². The molecule has 0 aliphatic heterocycles. The van der Waals surface area contributed by atoms with Crippen LogP contribution in [0.4, 0.5) is 0 Å². The number of hydrogen-bond acceptors (Lipinski definition) is 3. The fourth-order valence-electron chi connectivity index (χ4n) is 3.02. The molecule has 1 heterocycles. The molecule has 1 aromatic heterocycles. The topological polar surface area (TPSA) is 36.3 Å². The van der Waals surface area contributed by atoms with Crippen LogP contribution in [-0.4, -0.2) is 35.3 Å². The van der Waals surface area contributed by atoms with E-state index in [1.165, 1.54) is 6.42 Å². The number of imidazole rings is 1. The number of ether oxygens (including phenoxy) is 2. The lowest BCUT2D eigenvalue weighted by atomic mass is 9.80. The van der Waals surface area contributed by atoms with Crippen LogP contribution < -0.4 is 4.74 Å². The van der Waals surface area contributed by atoms with Gasteiger partial charge in [0.05, 0.1) is 30.3 Å². The SMILES string of the molecule is COc1ccc2c(c1)nc(CCCl)n2CC1(OC)CCC1. The third-order valence-electron chi connectivity index (χ3n) is 4.50. The summed E-state index contributed by atoms with van der Waals surface area (Å²) in [6.07, 6.45) is 4.22. The van der Waals surface area contributed by atoms with Crippen LogP contribution in [0.2, 0.25) is 0 Å². The molecule has 1 aliphatic rings. The maximum Gasteiger partial charge on any atom is 0.121 e. The van der Waals surface area contributed by atoms with Crippen molar-refractivity contribution in [3.63, 3.8) is 0 Å². The summed E-state index contributed by atoms with van der Waals surface area (Å²) in [7, 11) is 3.48. The molecule has 0 N–H and O–H groups in total. The number of rotatable bonds is 6. The van der Waals surface area contributed by atoms with Crippen LogP contribution in [0.3, 0.4) is 0 Å². The highest BCUT2D eigenvalue weighted by atomic mass is 35.5. The number of hydrogen-bond donors (Lipinski definition) is 0. The van der Waals surface area contributed by atoms with Gasteiger partial charge >= 0.3 is 0 Å². The Balaban J connectivity index is 2.03. The zero-order chi connectivity index (χ0) is 14.9. The van der Waals surface area contributed by atoms with Crippen molar-refractivity contribution >= 4 is 22.6 Å². The summed E-state index contributed by atoms with van der Waals surface area (Å²) in [4.78, 5) is 4.73. The van der Waals surface area contributed by atoms with E-state index in [1.807, 2.05) is 19.2 Å². The van der Waals surface area contributed by atoms with Crippen molar-refractivity contribution in [2.75, 3.05) is 20.1 Å². The predicted octanol–water partition coefficient (Wildman–Crippen LogP) is 3.40. The number of aryl methyl sites for hydroxylation is 1. The summed E-state index contributed by atoms with van der Waals surface area (Å²) in [6, 6.07) is 6.02. The van der Waals surface area contributed by atoms with E-state index in [1.54, 1.807) is 7.11 Å². The minimum Gasteiger partial charge on any atom is -0.497 e. The van der Waals surface area contributed by atoms with Gasteiger partial charge in [0.1, 0.15) is 11.6 Å². The van der Waals surface area contributed by atoms with Gasteiger partial charge in [-0.1, -0.05) is 0 Å². The lowest BCUT2D eigenvalue weighted by Gasteiger charge is -2.41. The van der Waals surface area contributed by atoms with Crippen LogP contribution in [0.25, 0.3) is 11.0 Å². The van der Waals surface area contributed by atoms with Gasteiger partial charge in [0.25, 0.3) is 0 Å². The quantitative estimate of drug-likeness (QED) is 0.767. The Morgan fingerprint density at radius 1 is 1.33 bits per heavy atom. The number of benzene rings is 1. The van der Waals surface area contributed by atoms with E-state index in [9.17, 15) is 0 Å². The zero-order valence-electron chi connectivity index (χ0n) is 12.6. The molecule has 1 aromatic carbocycles. The van der Waals surface area contributed by atoms with Crippen LogP contribution in [0.15, 0.2) is 18.2 Å². The second-order valence-corrected chi connectivity index (χ2v) is 6.03. The highest BCUT2D eigenvalue weighted by Crippen LogP contribution is 2.38. The first kappa shape index (κ1) is 14.7. The maximum atomic E-state index is 5.94. The smallest absolute Gasteiger partial charge is 0.121 e. The van der Waals surface area contributed by atoms with Crippen LogP contribution in [0, 0.1) is 0 Å². The van der Waals surface area contributed by atoms with Crippen molar-refractivity contribution in [2.24, 2.45) is 0 Å². The van der Waals surface area contributed by atoms with Crippen molar-refractivity contribution < 1.29 is 9.47 Å². The van der Waals surface area contributed by atoms with Gasteiger partial charge in [-0.2, -0.15) is 0 Å². The molecule has 1 aliphatic carbocycles. The number of alkyl halides is 1. The molecule has 0 unspecified atom stereocenters. The third kappa shape index (κ3) is 2.62. The largest absolute Gasteiger partial charge is 0.497 e. The molecule has 1 fully saturated rings. The monoisotopic (exact) mass is 308 g/mol. The lowest BCUT2D eigenvalue weighted by Crippen LogP contribution is -2.43. The molecular weight excluding hydrogens is 288 g/mol. The van der Waals surface area contributed by atoms with Crippen molar-refractivity contribution in [1.29, 1.82) is 0 Å². The third-order valence-corrected chi connectivity index (χ3v) is 4.69. The molecule has 0 amide bonds. The van der Waals surface area contributed by atoms with Crippen LogP contribution in [0.5, 0.6) is 5.75 Å². The second kappa shape index (κ2) is 5.85. The Morgan fingerprint density at radius 2 is 2.14 bits per heavy atom. The molecule has 0 atom stereocenters. The lowest BCUT2D eigenvalue weighted by molar-refractivity contribution is -0.0832. The Bertz CT molecular complexity index is 629. The van der Waals surface area contributed by atoms with Crippen molar-refractivity contribution in [3.8, 4) is 5.75 Å². The highest BCUT2D eigenvalue weighted by Gasteiger charge is 2.38. The van der Waals surface area contributed by atoms with Crippen LogP contribution in [-0.2, 0) is 17.7 Å². The normalized spacial score (nSPS) is 16.9. The molecule has 3 rings (SSSR count). The molecule has 2 aromatic rings. The van der Waals surface area contributed by atoms with E-state index in [0.29, 0.717) is 5.88 Å². The zero-order valence-corrected chi connectivity index (χ0v) is 13.3. The van der Waals surface area contributed by atoms with E-state index < -0.39 is 0 Å². The first-order valence-electron chi connectivity index (χ1n) is 7.35. The molecule has 0 bridgehead atoms. The first-order valence-corrected chi connectivity index (χ1v) is 7.89. The van der Waals surface area contributed by atoms with Gasteiger partial charge in [-0.25, -0.2) is 4.98 Å². The Hall–Kier alpha value is -1.26. The minimum absolute atomic E-state index is 0.0331. The van der Waals surface area contributed by atoms with E-state index in [0.717, 1.165) is 48.4 Å². The van der Waals surface area contributed by atoms with Crippen molar-refractivity contribution in [3.05, 3.63) is 24.0 Å². The van der Waals surface area contributed by atoms with Gasteiger partial charge in [-0.3, -0.25) is 0 Å². The van der Waals surface area contributed by atoms with Crippen molar-refractivity contribution in [1.82, 2.24) is 9.55 Å². The summed E-state index contributed by atoms with van der Waals surface area (Å²) in [5, 5.41) is 0. The summed E-state index contributed by atoms with van der Waals surface area (Å²) >= 11 is 5.94. The van der Waals surface area contributed by atoms with E-state index in [4.69, 9.17) is 26.1 Å². The summed E-state index contributed by atoms with van der Waals surface area (Å²) < 4.78 is 13.3. The molecule has 0 radical (unpaired) electrons. The molecule has 114 valence electrons. The standard InChI is InChI=1S/C16H21ClN2O2/c1-20-12-4-5-14-13(10-12)18-15(6-9-17)19(14)11-16(21-2)7-3-8-16/h4-5,10H,3,6-9,11H2,1-2H3. The van der Waals surface area contributed by atoms with Crippen LogP contribution in [0.1, 0.15) is 25.1 Å². The van der Waals surface area contributed by atoms with E-state index >= 15 is 0 Å². The molecule has 5 heteroatoms. The van der Waals surface area contributed by atoms with Gasteiger partial charge in [-0.05, 0) is 31.4 Å². The Kier molecular flexibility index (Phi) is 4.09. The Morgan fingerprint density at radius 3 is 2.71 bits per heavy atom. The average Bonchev–Trinajstić information content (AvgIpc) is 2.79. The fourth-order valence-corrected chi connectivity index (χ4v) is 3.19. The summed E-state index contributed by atoms with van der Waals surface area (Å²) in [5.41, 5.74) is 2.05. The highest BCUT2D eigenvalue weighted by molar-refractivity contribution is 6.17. The van der Waals surface area contributed by atoms with E-state index in [-0.39, 0.29) is 5.60 Å². The number of fused-ring (bicyclic) bond motifs is 1. The summed E-state index contributed by atoms with van der Waals surface area (Å²) in [6.45, 7) is 0.846. The molecule has 0 spiro atoms. The van der Waals surface area contributed by atoms with Gasteiger partial charge in [-0.15, -0.1) is 11.6 Å². The molecular formula is C16H21ClN2O2. The number of aromatic nitrogens is 2. The first-order chi connectivity index (χ1) is 10.2. The predicted molar refractivity (Wildman–Crippen MR) is 84.3 cm³/mol.